The van der Waals surface area contributed by atoms with Crippen LogP contribution in [0.25, 0.3) is 0 Å². The van der Waals surface area contributed by atoms with Gasteiger partial charge in [-0.05, 0) is 25.3 Å². The van der Waals surface area contributed by atoms with Gasteiger partial charge in [-0.25, -0.2) is 0 Å². The zero-order valence-electron chi connectivity index (χ0n) is 17.8. The number of dihydropyridines is 1. The van der Waals surface area contributed by atoms with E-state index in [1.54, 1.807) is 6.08 Å². The zero-order valence-corrected chi connectivity index (χ0v) is 17.8. The smallest absolute Gasteiger partial charge is 0.397 e. The van der Waals surface area contributed by atoms with Gasteiger partial charge in [0.15, 0.2) is 0 Å². The summed E-state index contributed by atoms with van der Waals surface area (Å²) in [4.78, 5) is 3.93. The van der Waals surface area contributed by atoms with Crippen molar-refractivity contribution in [2.45, 2.75) is 45.6 Å². The molecule has 0 amide bonds. The Morgan fingerprint density at radius 1 is 1.33 bits per heavy atom. The summed E-state index contributed by atoms with van der Waals surface area (Å²) in [6.45, 7) is 8.71. The van der Waals surface area contributed by atoms with E-state index in [0.717, 1.165) is 32.1 Å². The van der Waals surface area contributed by atoms with Crippen LogP contribution in [0, 0.1) is 11.3 Å². The first kappa shape index (κ1) is 24.2. The molecule has 2 atom stereocenters. The van der Waals surface area contributed by atoms with E-state index >= 15 is 0 Å². The van der Waals surface area contributed by atoms with E-state index in [0.29, 0.717) is 5.92 Å². The fourth-order valence-corrected chi connectivity index (χ4v) is 3.73. The Labute approximate surface area is 176 Å². The number of hydrogen-bond acceptors (Lipinski definition) is 6. The second-order valence-electron chi connectivity index (χ2n) is 8.53. The molecule has 168 valence electrons. The Bertz CT molecular complexity index is 757. The van der Waals surface area contributed by atoms with E-state index in [1.165, 1.54) is 18.4 Å². The Morgan fingerprint density at radius 3 is 2.50 bits per heavy atom. The van der Waals surface area contributed by atoms with Gasteiger partial charge in [-0.15, -0.1) is 0 Å². The van der Waals surface area contributed by atoms with Gasteiger partial charge in [-0.1, -0.05) is 32.1 Å². The van der Waals surface area contributed by atoms with E-state index in [2.05, 4.69) is 29.5 Å². The van der Waals surface area contributed by atoms with E-state index < -0.39 is 23.6 Å². The first-order valence-electron chi connectivity index (χ1n) is 10.1. The van der Waals surface area contributed by atoms with Crippen LogP contribution in [0.4, 0.5) is 13.2 Å². The molecule has 0 saturated carbocycles. The van der Waals surface area contributed by atoms with Crippen LogP contribution in [0.1, 0.15) is 27.2 Å². The minimum atomic E-state index is -4.66. The highest BCUT2D eigenvalue weighted by molar-refractivity contribution is 5.74. The molecule has 1 fully saturated rings. The first-order valence-corrected chi connectivity index (χ1v) is 10.1. The maximum atomic E-state index is 13.7. The molecule has 2 heterocycles. The number of aliphatic imine (C=N–C) groups is 1. The van der Waals surface area contributed by atoms with Gasteiger partial charge in [-0.3, -0.25) is 4.99 Å². The maximum absolute atomic E-state index is 13.7. The van der Waals surface area contributed by atoms with Gasteiger partial charge < -0.3 is 27.8 Å². The van der Waals surface area contributed by atoms with Gasteiger partial charge in [0, 0.05) is 42.9 Å². The second-order valence-corrected chi connectivity index (χ2v) is 8.53. The standard InChI is InChI=1S/C21H33F3N6/c1-13(2)9-20(10-28-11-20)12-30-14(3)6-7-16(21(22,23)24)18(26)17(25)15-5-4-8-29-19(15)27/h4-8,13-14,19,28,30H,9-12,25-27H2,1-3H3/b7-6-,17-15?,18-16+. The molecule has 0 radical (unpaired) electrons. The van der Waals surface area contributed by atoms with Gasteiger partial charge in [0.1, 0.15) is 6.17 Å². The van der Waals surface area contributed by atoms with Crippen LogP contribution in [0.3, 0.4) is 0 Å². The normalized spacial score (nSPS) is 24.7. The van der Waals surface area contributed by atoms with Crippen LogP contribution in [-0.2, 0) is 0 Å². The Hall–Kier alpha value is -2.10. The Kier molecular flexibility index (Phi) is 7.90. The zero-order chi connectivity index (χ0) is 22.5. The van der Waals surface area contributed by atoms with Crippen molar-refractivity contribution in [2.75, 3.05) is 19.6 Å². The largest absolute Gasteiger partial charge is 0.418 e. The number of nitrogens with one attached hydrogen (secondary N) is 2. The molecule has 0 bridgehead atoms. The number of hydrogen-bond donors (Lipinski definition) is 5. The third-order valence-electron chi connectivity index (χ3n) is 5.32. The summed E-state index contributed by atoms with van der Waals surface area (Å²) in [5.41, 5.74) is 16.1. The van der Waals surface area contributed by atoms with E-state index in [1.807, 2.05) is 6.92 Å². The molecular weight excluding hydrogens is 393 g/mol. The molecule has 0 aliphatic carbocycles. The van der Waals surface area contributed by atoms with Gasteiger partial charge in [0.2, 0.25) is 0 Å². The quantitative estimate of drug-likeness (QED) is 0.381. The fourth-order valence-electron chi connectivity index (χ4n) is 3.73. The van der Waals surface area contributed by atoms with Crippen molar-refractivity contribution in [3.8, 4) is 0 Å². The van der Waals surface area contributed by atoms with Crippen molar-refractivity contribution in [2.24, 2.45) is 33.5 Å². The topological polar surface area (TPSA) is 114 Å². The second kappa shape index (κ2) is 9.80. The van der Waals surface area contributed by atoms with Gasteiger partial charge >= 0.3 is 6.18 Å². The molecule has 0 aromatic rings. The molecule has 9 heteroatoms. The van der Waals surface area contributed by atoms with Crippen molar-refractivity contribution in [1.82, 2.24) is 10.6 Å². The number of rotatable bonds is 8. The lowest BCUT2D eigenvalue weighted by atomic mass is 9.75. The molecule has 8 N–H and O–H groups in total. The molecule has 2 aliphatic heterocycles. The fraction of sp³-hybridized carbons (Fsp3) is 0.571. The average Bonchev–Trinajstić information content (AvgIpc) is 2.62. The number of nitrogens with zero attached hydrogens (tertiary/aromatic N) is 1. The minimum absolute atomic E-state index is 0.150. The van der Waals surface area contributed by atoms with Gasteiger partial charge in [-0.2, -0.15) is 13.2 Å². The highest BCUT2D eigenvalue weighted by Gasteiger charge is 2.37. The number of alkyl halides is 3. The molecule has 6 nitrogen and oxygen atoms in total. The molecule has 0 aromatic heterocycles. The van der Waals surface area contributed by atoms with Crippen LogP contribution >= 0.6 is 0 Å². The van der Waals surface area contributed by atoms with Crippen molar-refractivity contribution in [3.63, 3.8) is 0 Å². The molecule has 2 aliphatic rings. The summed E-state index contributed by atoms with van der Waals surface area (Å²) in [5, 5.41) is 6.61. The lowest BCUT2D eigenvalue weighted by Gasteiger charge is -2.44. The molecule has 0 aromatic carbocycles. The van der Waals surface area contributed by atoms with Crippen molar-refractivity contribution >= 4 is 6.21 Å². The summed E-state index contributed by atoms with van der Waals surface area (Å²) in [6, 6.07) is -0.268. The number of allylic oxidation sites excluding steroid dienone is 3. The van der Waals surface area contributed by atoms with Crippen LogP contribution < -0.4 is 27.8 Å². The predicted octanol–water partition coefficient (Wildman–Crippen LogP) is 2.07. The van der Waals surface area contributed by atoms with Crippen LogP contribution in [0.5, 0.6) is 0 Å². The molecule has 2 unspecified atom stereocenters. The van der Waals surface area contributed by atoms with Gasteiger partial charge in [0.05, 0.1) is 17.0 Å². The van der Waals surface area contributed by atoms with E-state index in [-0.39, 0.29) is 22.7 Å². The van der Waals surface area contributed by atoms with Crippen LogP contribution in [-0.4, -0.2) is 44.2 Å². The maximum Gasteiger partial charge on any atom is 0.418 e. The highest BCUT2D eigenvalue weighted by atomic mass is 19.4. The molecule has 0 spiro atoms. The summed E-state index contributed by atoms with van der Waals surface area (Å²) >= 11 is 0. The minimum Gasteiger partial charge on any atom is -0.397 e. The molecular formula is C21H33F3N6. The monoisotopic (exact) mass is 426 g/mol. The number of halogens is 3. The Balaban J connectivity index is 2.17. The third-order valence-corrected chi connectivity index (χ3v) is 5.32. The summed E-state index contributed by atoms with van der Waals surface area (Å²) in [5.74, 6) is 0.555. The molecule has 1 saturated heterocycles. The molecule has 2 rings (SSSR count). The van der Waals surface area contributed by atoms with Crippen molar-refractivity contribution < 1.29 is 13.2 Å². The molecule has 30 heavy (non-hydrogen) atoms. The SMILES string of the molecule is CC(C)CC1(CNC(C)/C=C\C(=C(/N)C(N)=C2C=CC=NC2N)C(F)(F)F)CNC1. The van der Waals surface area contributed by atoms with E-state index in [4.69, 9.17) is 17.2 Å². The summed E-state index contributed by atoms with van der Waals surface area (Å²) < 4.78 is 41.0. The third kappa shape index (κ3) is 6.20. The number of nitrogens with two attached hydrogens (primary N) is 3. The summed E-state index contributed by atoms with van der Waals surface area (Å²) in [6.07, 6.45) is 2.52. The summed E-state index contributed by atoms with van der Waals surface area (Å²) in [7, 11) is 0. The Morgan fingerprint density at radius 2 is 2.00 bits per heavy atom. The average molecular weight is 427 g/mol. The van der Waals surface area contributed by atoms with Crippen molar-refractivity contribution in [1.29, 1.82) is 0 Å². The van der Waals surface area contributed by atoms with E-state index in [9.17, 15) is 13.2 Å². The highest BCUT2D eigenvalue weighted by Crippen LogP contribution is 2.32. The van der Waals surface area contributed by atoms with Gasteiger partial charge in [0.25, 0.3) is 0 Å². The van der Waals surface area contributed by atoms with Crippen molar-refractivity contribution in [3.05, 3.63) is 46.8 Å². The predicted molar refractivity (Wildman–Crippen MR) is 115 cm³/mol. The first-order chi connectivity index (χ1) is 13.9. The van der Waals surface area contributed by atoms with Crippen LogP contribution in [0.2, 0.25) is 0 Å². The lowest BCUT2D eigenvalue weighted by Crippen LogP contribution is -2.59. The van der Waals surface area contributed by atoms with Crippen LogP contribution in [0.15, 0.2) is 51.8 Å². The lowest BCUT2D eigenvalue weighted by molar-refractivity contribution is -0.0889.